The highest BCUT2D eigenvalue weighted by Gasteiger charge is 2.10. The monoisotopic (exact) mass is 395 g/mol. The predicted octanol–water partition coefficient (Wildman–Crippen LogP) is 3.48. The van der Waals surface area contributed by atoms with Crippen molar-refractivity contribution in [2.24, 2.45) is 0 Å². The number of hydrogen-bond donors (Lipinski definition) is 3. The number of aryl methyl sites for hydroxylation is 1. The Bertz CT molecular complexity index is 812. The van der Waals surface area contributed by atoms with Gasteiger partial charge < -0.3 is 20.7 Å². The summed E-state index contributed by atoms with van der Waals surface area (Å²) >= 11 is 11.9. The molecule has 0 saturated carbocycles. The third kappa shape index (κ3) is 5.82. The summed E-state index contributed by atoms with van der Waals surface area (Å²) in [5.74, 6) is -0.164. The fraction of sp³-hybridized carbons (Fsp3) is 0.222. The molecule has 0 aliphatic rings. The fourth-order valence-electron chi connectivity index (χ4n) is 2.16. The van der Waals surface area contributed by atoms with Gasteiger partial charge in [-0.1, -0.05) is 29.3 Å². The van der Waals surface area contributed by atoms with E-state index in [0.717, 1.165) is 5.56 Å². The van der Waals surface area contributed by atoms with Gasteiger partial charge in [-0.05, 0) is 42.8 Å². The van der Waals surface area contributed by atoms with Gasteiger partial charge in [0.05, 0.1) is 36.6 Å². The van der Waals surface area contributed by atoms with Crippen LogP contribution in [0.4, 0.5) is 11.4 Å². The number of carbonyl (C=O) groups excluding carboxylic acids is 2. The van der Waals surface area contributed by atoms with E-state index < -0.39 is 0 Å². The average molecular weight is 396 g/mol. The van der Waals surface area contributed by atoms with Crippen LogP contribution in [0.3, 0.4) is 0 Å². The summed E-state index contributed by atoms with van der Waals surface area (Å²) in [4.78, 5) is 23.9. The van der Waals surface area contributed by atoms with Crippen LogP contribution in [0.1, 0.15) is 5.56 Å². The molecule has 0 saturated heterocycles. The molecule has 3 N–H and O–H groups in total. The first kappa shape index (κ1) is 19.9. The predicted molar refractivity (Wildman–Crippen MR) is 104 cm³/mol. The molecule has 0 aliphatic carbocycles. The van der Waals surface area contributed by atoms with E-state index in [2.05, 4.69) is 16.0 Å². The molecule has 0 unspecified atom stereocenters. The molecule has 0 heterocycles. The maximum atomic E-state index is 12.0. The van der Waals surface area contributed by atoms with E-state index in [1.54, 1.807) is 30.3 Å². The largest absolute Gasteiger partial charge is 0.495 e. The van der Waals surface area contributed by atoms with Gasteiger partial charge in [0.15, 0.2) is 0 Å². The van der Waals surface area contributed by atoms with Crippen LogP contribution < -0.4 is 20.7 Å². The highest BCUT2D eigenvalue weighted by Crippen LogP contribution is 2.25. The zero-order valence-electron chi connectivity index (χ0n) is 14.4. The van der Waals surface area contributed by atoms with Crippen molar-refractivity contribution in [2.75, 3.05) is 30.8 Å². The Morgan fingerprint density at radius 1 is 1.00 bits per heavy atom. The molecular formula is C18H19Cl2N3O3. The molecular weight excluding hydrogens is 377 g/mol. The lowest BCUT2D eigenvalue weighted by atomic mass is 10.2. The minimum absolute atomic E-state index is 0.0406. The van der Waals surface area contributed by atoms with Crippen LogP contribution in [0.25, 0.3) is 0 Å². The molecule has 2 rings (SSSR count). The normalized spacial score (nSPS) is 10.2. The van der Waals surface area contributed by atoms with Crippen molar-refractivity contribution in [3.05, 3.63) is 52.0 Å². The van der Waals surface area contributed by atoms with Crippen LogP contribution >= 0.6 is 23.2 Å². The topological polar surface area (TPSA) is 79.5 Å². The molecule has 26 heavy (non-hydrogen) atoms. The summed E-state index contributed by atoms with van der Waals surface area (Å²) in [7, 11) is 1.52. The molecule has 0 bridgehead atoms. The lowest BCUT2D eigenvalue weighted by Gasteiger charge is -2.12. The summed E-state index contributed by atoms with van der Waals surface area (Å²) in [6.45, 7) is 1.70. The Morgan fingerprint density at radius 3 is 2.50 bits per heavy atom. The van der Waals surface area contributed by atoms with E-state index >= 15 is 0 Å². The van der Waals surface area contributed by atoms with Crippen molar-refractivity contribution in [1.82, 2.24) is 5.32 Å². The van der Waals surface area contributed by atoms with Crippen LogP contribution in [0.5, 0.6) is 5.75 Å². The van der Waals surface area contributed by atoms with Crippen LogP contribution in [-0.4, -0.2) is 32.0 Å². The molecule has 0 fully saturated rings. The number of anilines is 2. The number of halogens is 2. The molecule has 0 aromatic heterocycles. The number of hydrogen-bond acceptors (Lipinski definition) is 4. The highest BCUT2D eigenvalue weighted by atomic mass is 35.5. The zero-order valence-corrected chi connectivity index (χ0v) is 15.9. The van der Waals surface area contributed by atoms with Gasteiger partial charge in [0, 0.05) is 5.02 Å². The van der Waals surface area contributed by atoms with Crippen molar-refractivity contribution < 1.29 is 14.3 Å². The molecule has 2 aromatic carbocycles. The number of amides is 2. The van der Waals surface area contributed by atoms with E-state index in [4.69, 9.17) is 27.9 Å². The standard InChI is InChI=1S/C18H19Cl2N3O3/c1-11-3-6-16(26-2)15(7-11)23-18(25)10-22-17(24)9-21-14-8-12(19)4-5-13(14)20/h3-8,21H,9-10H2,1-2H3,(H,22,24)(H,23,25). The molecule has 0 aliphatic heterocycles. The third-order valence-corrected chi connectivity index (χ3v) is 4.01. The van der Waals surface area contributed by atoms with Gasteiger partial charge in [-0.2, -0.15) is 0 Å². The van der Waals surface area contributed by atoms with Gasteiger partial charge in [-0.15, -0.1) is 0 Å². The van der Waals surface area contributed by atoms with E-state index in [9.17, 15) is 9.59 Å². The summed E-state index contributed by atoms with van der Waals surface area (Å²) in [5.41, 5.74) is 2.08. The lowest BCUT2D eigenvalue weighted by molar-refractivity contribution is -0.122. The minimum atomic E-state index is -0.358. The van der Waals surface area contributed by atoms with E-state index in [1.165, 1.54) is 7.11 Å². The van der Waals surface area contributed by atoms with Gasteiger partial charge in [0.25, 0.3) is 0 Å². The van der Waals surface area contributed by atoms with Crippen molar-refractivity contribution in [1.29, 1.82) is 0 Å². The number of benzene rings is 2. The van der Waals surface area contributed by atoms with Gasteiger partial charge in [0.1, 0.15) is 5.75 Å². The first-order valence-electron chi connectivity index (χ1n) is 7.79. The molecule has 0 spiro atoms. The smallest absolute Gasteiger partial charge is 0.243 e. The van der Waals surface area contributed by atoms with Crippen LogP contribution in [-0.2, 0) is 9.59 Å². The van der Waals surface area contributed by atoms with E-state index in [-0.39, 0.29) is 24.9 Å². The summed E-state index contributed by atoms with van der Waals surface area (Å²) in [6.07, 6.45) is 0. The molecule has 0 radical (unpaired) electrons. The van der Waals surface area contributed by atoms with Gasteiger partial charge >= 0.3 is 0 Å². The number of methoxy groups -OCH3 is 1. The number of nitrogens with one attached hydrogen (secondary N) is 3. The molecule has 8 heteroatoms. The fourth-order valence-corrected chi connectivity index (χ4v) is 2.52. The Kier molecular flexibility index (Phi) is 7.12. The Morgan fingerprint density at radius 2 is 1.77 bits per heavy atom. The van der Waals surface area contributed by atoms with Gasteiger partial charge in [0.2, 0.25) is 11.8 Å². The van der Waals surface area contributed by atoms with Crippen molar-refractivity contribution in [3.8, 4) is 5.75 Å². The van der Waals surface area contributed by atoms with Gasteiger partial charge in [-0.25, -0.2) is 0 Å². The molecule has 6 nitrogen and oxygen atoms in total. The van der Waals surface area contributed by atoms with Crippen LogP contribution in [0.15, 0.2) is 36.4 Å². The Hall–Kier alpha value is -2.44. The first-order valence-corrected chi connectivity index (χ1v) is 8.54. The van der Waals surface area contributed by atoms with Crippen LogP contribution in [0.2, 0.25) is 10.0 Å². The van der Waals surface area contributed by atoms with Crippen molar-refractivity contribution >= 4 is 46.4 Å². The second kappa shape index (κ2) is 9.31. The van der Waals surface area contributed by atoms with Crippen molar-refractivity contribution in [3.63, 3.8) is 0 Å². The SMILES string of the molecule is COc1ccc(C)cc1NC(=O)CNC(=O)CNc1cc(Cl)ccc1Cl. The zero-order chi connectivity index (χ0) is 19.1. The second-order valence-corrected chi connectivity index (χ2v) is 6.35. The highest BCUT2D eigenvalue weighted by molar-refractivity contribution is 6.35. The lowest BCUT2D eigenvalue weighted by Crippen LogP contribution is -2.36. The average Bonchev–Trinajstić information content (AvgIpc) is 2.61. The van der Waals surface area contributed by atoms with E-state index in [0.29, 0.717) is 27.2 Å². The summed E-state index contributed by atoms with van der Waals surface area (Å²) in [6, 6.07) is 10.3. The maximum Gasteiger partial charge on any atom is 0.243 e. The minimum Gasteiger partial charge on any atom is -0.495 e. The Labute approximate surface area is 161 Å². The maximum absolute atomic E-state index is 12.0. The Balaban J connectivity index is 1.82. The molecule has 0 atom stereocenters. The van der Waals surface area contributed by atoms with Crippen molar-refractivity contribution in [2.45, 2.75) is 6.92 Å². The molecule has 2 amide bonds. The number of carbonyl (C=O) groups is 2. The molecule has 2 aromatic rings. The summed E-state index contributed by atoms with van der Waals surface area (Å²) in [5, 5.41) is 9.07. The van der Waals surface area contributed by atoms with Crippen LogP contribution in [0, 0.1) is 6.92 Å². The first-order chi connectivity index (χ1) is 12.4. The van der Waals surface area contributed by atoms with Gasteiger partial charge in [-0.3, -0.25) is 9.59 Å². The third-order valence-electron chi connectivity index (χ3n) is 3.44. The van der Waals surface area contributed by atoms with E-state index in [1.807, 2.05) is 13.0 Å². The molecule has 138 valence electrons. The number of rotatable bonds is 7. The second-order valence-electron chi connectivity index (χ2n) is 5.51. The summed E-state index contributed by atoms with van der Waals surface area (Å²) < 4.78 is 5.20. The quantitative estimate of drug-likeness (QED) is 0.670. The number of ether oxygens (including phenoxy) is 1.